The average Bonchev–Trinajstić information content (AvgIpc) is 2.23. The van der Waals surface area contributed by atoms with Crippen LogP contribution < -0.4 is 17.1 Å². The molecule has 0 N–H and O–H groups in total. The molecular weight excluding hydrogens is 214 g/mol. The molecule has 6 nitrogen and oxygen atoms in total. The molecule has 3 radical (unpaired) electrons. The third-order valence-electron chi connectivity index (χ3n) is 2.26. The summed E-state index contributed by atoms with van der Waals surface area (Å²) >= 11 is 0. The maximum atomic E-state index is 11.6. The van der Waals surface area contributed by atoms with Gasteiger partial charge in [0.15, 0.2) is 0 Å². The zero-order valence-electron chi connectivity index (χ0n) is 8.85. The first-order valence-corrected chi connectivity index (χ1v) is 5.09. The molecule has 0 saturated heterocycles. The zero-order valence-corrected chi connectivity index (χ0v) is 9.85. The predicted molar refractivity (Wildman–Crippen MR) is 56.3 cm³/mol. The van der Waals surface area contributed by atoms with Crippen LogP contribution in [0.3, 0.4) is 0 Å². The van der Waals surface area contributed by atoms with Crippen LogP contribution in [0.5, 0.6) is 0 Å². The van der Waals surface area contributed by atoms with Crippen molar-refractivity contribution in [1.29, 1.82) is 0 Å². The van der Waals surface area contributed by atoms with E-state index in [0.717, 1.165) is 13.7 Å². The molecule has 7 heteroatoms. The lowest BCUT2D eigenvalue weighted by molar-refractivity contribution is 0.485. The molecule has 0 amide bonds. The summed E-state index contributed by atoms with van der Waals surface area (Å²) in [4.78, 5) is 34.7. The Labute approximate surface area is 89.2 Å². The van der Waals surface area contributed by atoms with E-state index in [4.69, 9.17) is 0 Å². The Balaban J connectivity index is 3.77. The van der Waals surface area contributed by atoms with Crippen LogP contribution >= 0.6 is 0 Å². The first-order chi connectivity index (χ1) is 6.91. The number of hydrogen-bond donors (Lipinski definition) is 0. The summed E-state index contributed by atoms with van der Waals surface area (Å²) in [6.45, 7) is 1.83. The largest absolute Gasteiger partial charge is 0.335 e. The smallest absolute Gasteiger partial charge is 0.248 e. The van der Waals surface area contributed by atoms with Crippen molar-refractivity contribution in [2.75, 3.05) is 0 Å². The minimum Gasteiger partial charge on any atom is -0.248 e. The van der Waals surface area contributed by atoms with E-state index >= 15 is 0 Å². The molecule has 0 saturated carbocycles. The molecule has 1 rings (SSSR count). The lowest BCUT2D eigenvalue weighted by Crippen LogP contribution is -2.53. The Morgan fingerprint density at radius 3 is 1.80 bits per heavy atom. The summed E-state index contributed by atoms with van der Waals surface area (Å²) in [5.74, 6) is 0. The van der Waals surface area contributed by atoms with Crippen LogP contribution in [0.1, 0.15) is 19.0 Å². The maximum Gasteiger partial charge on any atom is 0.335 e. The van der Waals surface area contributed by atoms with Crippen LogP contribution in [0, 0.1) is 0 Å². The van der Waals surface area contributed by atoms with Gasteiger partial charge >= 0.3 is 17.1 Å². The van der Waals surface area contributed by atoms with Gasteiger partial charge in [0.25, 0.3) is 0 Å². The molecule has 0 aliphatic heterocycles. The highest BCUT2D eigenvalue weighted by atomic mass is 28.1. The summed E-state index contributed by atoms with van der Waals surface area (Å²) in [5.41, 5.74) is -2.23. The molecule has 0 spiro atoms. The number of hydrogen-bond acceptors (Lipinski definition) is 3. The molecule has 0 aromatic carbocycles. The van der Waals surface area contributed by atoms with Crippen molar-refractivity contribution in [2.24, 2.45) is 14.1 Å². The first-order valence-electron chi connectivity index (χ1n) is 4.51. The molecule has 0 fully saturated rings. The van der Waals surface area contributed by atoms with E-state index in [1.807, 2.05) is 6.92 Å². The fraction of sp³-hybridized carbons (Fsp3) is 0.625. The first kappa shape index (κ1) is 11.7. The van der Waals surface area contributed by atoms with Gasteiger partial charge in [-0.05, 0) is 6.42 Å². The molecular formula is C8H12N3O3Si. The lowest BCUT2D eigenvalue weighted by atomic mass is 10.5. The molecule has 0 aliphatic rings. The Morgan fingerprint density at radius 1 is 1.07 bits per heavy atom. The third kappa shape index (κ3) is 1.74. The van der Waals surface area contributed by atoms with Crippen LogP contribution in [0.15, 0.2) is 14.4 Å². The van der Waals surface area contributed by atoms with Gasteiger partial charge in [-0.3, -0.25) is 0 Å². The van der Waals surface area contributed by atoms with Crippen molar-refractivity contribution in [1.82, 2.24) is 13.7 Å². The van der Waals surface area contributed by atoms with Crippen molar-refractivity contribution in [3.8, 4) is 0 Å². The monoisotopic (exact) mass is 226 g/mol. The second kappa shape index (κ2) is 4.01. The highest BCUT2D eigenvalue weighted by Crippen LogP contribution is 1.96. The van der Waals surface area contributed by atoms with E-state index < -0.39 is 22.7 Å². The second-order valence-electron chi connectivity index (χ2n) is 3.26. The van der Waals surface area contributed by atoms with Gasteiger partial charge in [0.2, 0.25) is 0 Å². The summed E-state index contributed by atoms with van der Waals surface area (Å²) in [6.07, 6.45) is 0.574. The minimum atomic E-state index is -0.615. The normalized spacial score (nSPS) is 12.8. The molecule has 0 bridgehead atoms. The van der Waals surface area contributed by atoms with Crippen molar-refractivity contribution < 1.29 is 0 Å². The second-order valence-corrected chi connectivity index (χ2v) is 3.93. The van der Waals surface area contributed by atoms with E-state index in [1.165, 1.54) is 14.1 Å². The van der Waals surface area contributed by atoms with Gasteiger partial charge in [-0.2, -0.15) is 0 Å². The third-order valence-corrected chi connectivity index (χ3v) is 2.92. The Hall–Kier alpha value is -1.37. The van der Waals surface area contributed by atoms with Crippen LogP contribution in [0.2, 0.25) is 0 Å². The Kier molecular flexibility index (Phi) is 3.13. The number of nitrogens with zero attached hydrogens (tertiary/aromatic N) is 3. The molecule has 81 valence electrons. The van der Waals surface area contributed by atoms with Crippen molar-refractivity contribution in [2.45, 2.75) is 19.0 Å². The zero-order chi connectivity index (χ0) is 11.7. The van der Waals surface area contributed by atoms with E-state index in [9.17, 15) is 14.4 Å². The van der Waals surface area contributed by atoms with Gasteiger partial charge in [0.05, 0.1) is 10.2 Å². The van der Waals surface area contributed by atoms with Crippen molar-refractivity contribution in [3.05, 3.63) is 31.5 Å². The highest BCUT2D eigenvalue weighted by molar-refractivity contribution is 6.10. The molecule has 1 atom stereocenters. The summed E-state index contributed by atoms with van der Waals surface area (Å²) in [6, 6.07) is 0. The quantitative estimate of drug-likeness (QED) is 0.566. The van der Waals surface area contributed by atoms with Gasteiger partial charge in [-0.1, -0.05) is 6.92 Å². The van der Waals surface area contributed by atoms with Gasteiger partial charge in [-0.25, -0.2) is 28.1 Å². The molecule has 1 aromatic rings. The minimum absolute atomic E-state index is 0.400. The molecule has 1 aromatic heterocycles. The fourth-order valence-electron chi connectivity index (χ4n) is 1.24. The predicted octanol–water partition coefficient (Wildman–Crippen LogP) is -1.68. The average molecular weight is 226 g/mol. The van der Waals surface area contributed by atoms with Crippen LogP contribution in [0.25, 0.3) is 0 Å². The van der Waals surface area contributed by atoms with Crippen LogP contribution in [-0.4, -0.2) is 23.9 Å². The molecule has 0 aliphatic carbocycles. The topological polar surface area (TPSA) is 66.0 Å². The van der Waals surface area contributed by atoms with E-state index in [1.54, 1.807) is 0 Å². The van der Waals surface area contributed by atoms with Gasteiger partial charge in [-0.15, -0.1) is 0 Å². The van der Waals surface area contributed by atoms with E-state index in [-0.39, 0.29) is 0 Å². The summed E-state index contributed by atoms with van der Waals surface area (Å²) in [5, 5.41) is 0. The molecule has 1 unspecified atom stereocenters. The van der Waals surface area contributed by atoms with Gasteiger partial charge in [0, 0.05) is 19.8 Å². The van der Waals surface area contributed by atoms with Gasteiger partial charge < -0.3 is 0 Å². The molecule has 1 heterocycles. The van der Waals surface area contributed by atoms with Crippen LogP contribution in [-0.2, 0) is 14.1 Å². The maximum absolute atomic E-state index is 11.6. The standard InChI is InChI=1S/C8H12N3O3Si/c1-4-5(15)11-7(13)9(2)6(12)10(3)8(11)14/h5H,4H2,1-3H3. The Morgan fingerprint density at radius 2 is 1.47 bits per heavy atom. The number of rotatable bonds is 2. The van der Waals surface area contributed by atoms with E-state index in [2.05, 4.69) is 10.2 Å². The van der Waals surface area contributed by atoms with Gasteiger partial charge in [0.1, 0.15) is 0 Å². The fourth-order valence-corrected chi connectivity index (χ4v) is 1.46. The molecule has 15 heavy (non-hydrogen) atoms. The number of aromatic nitrogens is 3. The highest BCUT2D eigenvalue weighted by Gasteiger charge is 2.14. The lowest BCUT2D eigenvalue weighted by Gasteiger charge is -2.13. The van der Waals surface area contributed by atoms with Crippen LogP contribution in [0.4, 0.5) is 0 Å². The Bertz CT molecular complexity index is 499. The van der Waals surface area contributed by atoms with E-state index in [0.29, 0.717) is 6.42 Å². The summed E-state index contributed by atoms with van der Waals surface area (Å²) in [7, 11) is 5.95. The van der Waals surface area contributed by atoms with Crippen molar-refractivity contribution >= 4 is 10.2 Å². The SMILES string of the molecule is CCC([Si])n1c(=O)n(C)c(=O)n(C)c1=O. The van der Waals surface area contributed by atoms with Crippen molar-refractivity contribution in [3.63, 3.8) is 0 Å². The summed E-state index contributed by atoms with van der Waals surface area (Å²) < 4.78 is 2.83.